The Bertz CT molecular complexity index is 557. The van der Waals surface area contributed by atoms with Crippen molar-refractivity contribution in [3.05, 3.63) is 35.4 Å². The van der Waals surface area contributed by atoms with Crippen LogP contribution in [0, 0.1) is 5.92 Å². The summed E-state index contributed by atoms with van der Waals surface area (Å²) in [6, 6.07) is 5.98. The van der Waals surface area contributed by atoms with Gasteiger partial charge in [0.1, 0.15) is 5.75 Å². The van der Waals surface area contributed by atoms with E-state index in [2.05, 4.69) is 0 Å². The third-order valence-corrected chi connectivity index (χ3v) is 2.93. The van der Waals surface area contributed by atoms with Crippen LogP contribution in [0.25, 0.3) is 5.57 Å². The van der Waals surface area contributed by atoms with Gasteiger partial charge in [-0.2, -0.15) is 0 Å². The van der Waals surface area contributed by atoms with E-state index < -0.39 is 11.8 Å². The smallest absolute Gasteiger partial charge is 0.285 e. The molecule has 1 heterocycles. The van der Waals surface area contributed by atoms with Gasteiger partial charge in [0, 0.05) is 5.57 Å². The van der Waals surface area contributed by atoms with Crippen molar-refractivity contribution in [1.29, 1.82) is 0 Å². The minimum atomic E-state index is -0.716. The quantitative estimate of drug-likeness (QED) is 0.644. The molecule has 1 aromatic rings. The van der Waals surface area contributed by atoms with Crippen LogP contribution in [0.2, 0.25) is 0 Å². The van der Waals surface area contributed by atoms with Crippen LogP contribution < -0.4 is 0 Å². The monoisotopic (exact) mass is 261 g/mol. The highest BCUT2D eigenvalue weighted by atomic mass is 16.5. The minimum Gasteiger partial charge on any atom is -0.508 e. The maximum Gasteiger partial charge on any atom is 0.285 e. The summed E-state index contributed by atoms with van der Waals surface area (Å²) in [6.45, 7) is 3.86. The number of amides is 2. The summed E-state index contributed by atoms with van der Waals surface area (Å²) >= 11 is 0. The Morgan fingerprint density at radius 3 is 2.21 bits per heavy atom. The molecule has 0 atom stereocenters. The molecule has 1 aliphatic heterocycles. The number of carbonyl (C=O) groups excluding carboxylic acids is 2. The largest absolute Gasteiger partial charge is 0.508 e. The van der Waals surface area contributed by atoms with Gasteiger partial charge in [-0.05, 0) is 30.0 Å². The molecule has 2 N–H and O–H groups in total. The zero-order chi connectivity index (χ0) is 14.2. The molecule has 0 fully saturated rings. The molecule has 1 aromatic carbocycles. The van der Waals surface area contributed by atoms with Crippen LogP contribution in [0.4, 0.5) is 0 Å². The molecule has 0 spiro atoms. The highest BCUT2D eigenvalue weighted by Crippen LogP contribution is 2.32. The molecule has 0 aliphatic carbocycles. The summed E-state index contributed by atoms with van der Waals surface area (Å²) < 4.78 is 0. The number of phenols is 1. The van der Waals surface area contributed by atoms with Gasteiger partial charge in [0.15, 0.2) is 0 Å². The van der Waals surface area contributed by atoms with Crippen molar-refractivity contribution in [2.45, 2.75) is 20.3 Å². The third-order valence-electron chi connectivity index (χ3n) is 2.93. The second-order valence-electron chi connectivity index (χ2n) is 4.92. The van der Waals surface area contributed by atoms with Crippen molar-refractivity contribution < 1.29 is 19.9 Å². The van der Waals surface area contributed by atoms with E-state index in [0.717, 1.165) is 0 Å². The first-order chi connectivity index (χ1) is 8.91. The van der Waals surface area contributed by atoms with E-state index >= 15 is 0 Å². The van der Waals surface area contributed by atoms with Gasteiger partial charge >= 0.3 is 0 Å². The number of rotatable bonds is 3. The van der Waals surface area contributed by atoms with Crippen LogP contribution in [0.3, 0.4) is 0 Å². The zero-order valence-electron chi connectivity index (χ0n) is 10.8. The molecular formula is C14H15NO4. The molecule has 2 amide bonds. The molecule has 0 radical (unpaired) electrons. The second kappa shape index (κ2) is 4.85. The predicted octanol–water partition coefficient (Wildman–Crippen LogP) is 1.95. The average Bonchev–Trinajstić information content (AvgIpc) is 2.55. The Morgan fingerprint density at radius 1 is 1.11 bits per heavy atom. The molecule has 5 nitrogen and oxygen atoms in total. The first-order valence-corrected chi connectivity index (χ1v) is 6.02. The maximum absolute atomic E-state index is 11.9. The van der Waals surface area contributed by atoms with E-state index in [9.17, 15) is 19.9 Å². The Kier molecular flexibility index (Phi) is 3.40. The molecule has 0 saturated heterocycles. The lowest BCUT2D eigenvalue weighted by Gasteiger charge is -2.06. The fraction of sp³-hybridized carbons (Fsp3) is 0.286. The number of carbonyl (C=O) groups is 2. The number of hydrogen-bond acceptors (Lipinski definition) is 4. The Hall–Kier alpha value is -2.14. The van der Waals surface area contributed by atoms with Crippen molar-refractivity contribution in [3.8, 4) is 5.75 Å². The number of hydrogen-bond donors (Lipinski definition) is 2. The van der Waals surface area contributed by atoms with Crippen LogP contribution in [-0.2, 0) is 9.59 Å². The molecule has 0 unspecified atom stereocenters. The van der Waals surface area contributed by atoms with Crippen LogP contribution >= 0.6 is 0 Å². The highest BCUT2D eigenvalue weighted by molar-refractivity contribution is 6.35. The fourth-order valence-electron chi connectivity index (χ4n) is 2.09. The predicted molar refractivity (Wildman–Crippen MR) is 68.1 cm³/mol. The lowest BCUT2D eigenvalue weighted by Crippen LogP contribution is -2.27. The van der Waals surface area contributed by atoms with Gasteiger partial charge in [0.05, 0.1) is 5.57 Å². The summed E-state index contributed by atoms with van der Waals surface area (Å²) in [6.07, 6.45) is 0.415. The van der Waals surface area contributed by atoms with Crippen molar-refractivity contribution in [1.82, 2.24) is 5.06 Å². The number of hydroxylamine groups is 2. The normalized spacial score (nSPS) is 15.9. The van der Waals surface area contributed by atoms with Gasteiger partial charge in [0.2, 0.25) is 0 Å². The molecule has 5 heteroatoms. The minimum absolute atomic E-state index is 0.0763. The first-order valence-electron chi connectivity index (χ1n) is 6.02. The van der Waals surface area contributed by atoms with Crippen molar-refractivity contribution >= 4 is 17.4 Å². The van der Waals surface area contributed by atoms with Gasteiger partial charge in [0.25, 0.3) is 11.8 Å². The van der Waals surface area contributed by atoms with Crippen LogP contribution in [0.5, 0.6) is 5.75 Å². The molecule has 0 saturated carbocycles. The van der Waals surface area contributed by atoms with E-state index in [0.29, 0.717) is 17.6 Å². The second-order valence-corrected chi connectivity index (χ2v) is 4.92. The van der Waals surface area contributed by atoms with Crippen molar-refractivity contribution in [2.75, 3.05) is 0 Å². The number of imide groups is 1. The van der Waals surface area contributed by atoms with E-state index in [1.54, 1.807) is 12.1 Å². The number of aromatic hydroxyl groups is 1. The van der Waals surface area contributed by atoms with Gasteiger partial charge in [-0.1, -0.05) is 26.0 Å². The standard InChI is InChI=1S/C14H15NO4/c1-8(2)7-11-12(14(18)15(19)13(11)17)9-3-5-10(16)6-4-9/h3-6,8,16,19H,7H2,1-2H3. The lowest BCUT2D eigenvalue weighted by molar-refractivity contribution is -0.169. The molecular weight excluding hydrogens is 246 g/mol. The van der Waals surface area contributed by atoms with E-state index in [1.165, 1.54) is 12.1 Å². The third kappa shape index (κ3) is 2.37. The molecule has 19 heavy (non-hydrogen) atoms. The van der Waals surface area contributed by atoms with Gasteiger partial charge < -0.3 is 5.11 Å². The summed E-state index contributed by atoms with van der Waals surface area (Å²) in [7, 11) is 0. The Labute approximate surface area is 110 Å². The molecule has 1 aliphatic rings. The molecule has 0 aromatic heterocycles. The van der Waals surface area contributed by atoms with Gasteiger partial charge in [-0.15, -0.1) is 5.06 Å². The fourth-order valence-corrected chi connectivity index (χ4v) is 2.09. The van der Waals surface area contributed by atoms with E-state index in [4.69, 9.17) is 0 Å². The summed E-state index contributed by atoms with van der Waals surface area (Å²) in [4.78, 5) is 23.8. The molecule has 2 rings (SSSR count). The van der Waals surface area contributed by atoms with Crippen molar-refractivity contribution in [2.24, 2.45) is 5.92 Å². The Morgan fingerprint density at radius 2 is 1.68 bits per heavy atom. The summed E-state index contributed by atoms with van der Waals surface area (Å²) in [5.74, 6) is -1.12. The maximum atomic E-state index is 11.9. The van der Waals surface area contributed by atoms with Gasteiger partial charge in [-0.25, -0.2) is 0 Å². The van der Waals surface area contributed by atoms with Crippen LogP contribution in [0.1, 0.15) is 25.8 Å². The zero-order valence-corrected chi connectivity index (χ0v) is 10.8. The molecule has 0 bridgehead atoms. The average molecular weight is 261 g/mol. The van der Waals surface area contributed by atoms with Crippen LogP contribution in [-0.4, -0.2) is 27.2 Å². The summed E-state index contributed by atoms with van der Waals surface area (Å²) in [5.41, 5.74) is 1.04. The topological polar surface area (TPSA) is 77.8 Å². The lowest BCUT2D eigenvalue weighted by atomic mass is 9.95. The summed E-state index contributed by atoms with van der Waals surface area (Å²) in [5, 5.41) is 18.9. The highest BCUT2D eigenvalue weighted by Gasteiger charge is 2.38. The van der Waals surface area contributed by atoms with E-state index in [-0.39, 0.29) is 22.3 Å². The number of benzene rings is 1. The van der Waals surface area contributed by atoms with Crippen molar-refractivity contribution in [3.63, 3.8) is 0 Å². The number of nitrogens with zero attached hydrogens (tertiary/aromatic N) is 1. The first kappa shape index (κ1) is 13.3. The number of phenolic OH excluding ortho intramolecular Hbond substituents is 1. The van der Waals surface area contributed by atoms with Gasteiger partial charge in [-0.3, -0.25) is 14.8 Å². The Balaban J connectivity index is 2.53. The SMILES string of the molecule is CC(C)CC1=C(c2ccc(O)cc2)C(=O)N(O)C1=O. The van der Waals surface area contributed by atoms with Crippen LogP contribution in [0.15, 0.2) is 29.8 Å². The van der Waals surface area contributed by atoms with E-state index in [1.807, 2.05) is 13.8 Å². The molecule has 100 valence electrons.